The highest BCUT2D eigenvalue weighted by Crippen LogP contribution is 2.17. The molecule has 0 spiro atoms. The SMILES string of the molecule is COC(=O)C(CC(C)C)n1cccc(N)c1=O. The van der Waals surface area contributed by atoms with Crippen LogP contribution in [-0.2, 0) is 9.53 Å². The van der Waals surface area contributed by atoms with Crippen molar-refractivity contribution in [3.63, 3.8) is 0 Å². The van der Waals surface area contributed by atoms with E-state index in [0.717, 1.165) is 0 Å². The Kier molecular flexibility index (Phi) is 4.31. The minimum absolute atomic E-state index is 0.130. The zero-order valence-corrected chi connectivity index (χ0v) is 10.3. The summed E-state index contributed by atoms with van der Waals surface area (Å²) in [6.07, 6.45) is 2.10. The molecule has 0 saturated heterocycles. The molecular formula is C12H18N2O3. The Labute approximate surface area is 100 Å². The summed E-state index contributed by atoms with van der Waals surface area (Å²) >= 11 is 0. The summed E-state index contributed by atoms with van der Waals surface area (Å²) in [6.45, 7) is 3.96. The van der Waals surface area contributed by atoms with Crippen LogP contribution in [0.2, 0.25) is 0 Å². The van der Waals surface area contributed by atoms with Crippen LogP contribution in [0.15, 0.2) is 23.1 Å². The molecule has 0 bridgehead atoms. The molecule has 2 N–H and O–H groups in total. The van der Waals surface area contributed by atoms with Gasteiger partial charge in [0.1, 0.15) is 6.04 Å². The van der Waals surface area contributed by atoms with Crippen LogP contribution < -0.4 is 11.3 Å². The molecule has 1 heterocycles. The third-order valence-electron chi connectivity index (χ3n) is 2.51. The first kappa shape index (κ1) is 13.3. The van der Waals surface area contributed by atoms with E-state index in [1.54, 1.807) is 12.3 Å². The Morgan fingerprint density at radius 2 is 2.18 bits per heavy atom. The van der Waals surface area contributed by atoms with Crippen LogP contribution in [0.1, 0.15) is 26.3 Å². The molecule has 0 radical (unpaired) electrons. The topological polar surface area (TPSA) is 74.3 Å². The highest BCUT2D eigenvalue weighted by atomic mass is 16.5. The lowest BCUT2D eigenvalue weighted by Crippen LogP contribution is -2.32. The van der Waals surface area contributed by atoms with Gasteiger partial charge in [0, 0.05) is 6.20 Å². The van der Waals surface area contributed by atoms with Gasteiger partial charge in [-0.05, 0) is 24.5 Å². The third-order valence-corrected chi connectivity index (χ3v) is 2.51. The largest absolute Gasteiger partial charge is 0.467 e. The van der Waals surface area contributed by atoms with E-state index >= 15 is 0 Å². The Hall–Kier alpha value is -1.78. The van der Waals surface area contributed by atoms with Gasteiger partial charge in [-0.1, -0.05) is 13.8 Å². The smallest absolute Gasteiger partial charge is 0.328 e. The van der Waals surface area contributed by atoms with Gasteiger partial charge in [0.05, 0.1) is 12.8 Å². The van der Waals surface area contributed by atoms with Crippen molar-refractivity contribution in [1.82, 2.24) is 4.57 Å². The number of anilines is 1. The number of methoxy groups -OCH3 is 1. The molecule has 0 aliphatic rings. The molecule has 17 heavy (non-hydrogen) atoms. The summed E-state index contributed by atoms with van der Waals surface area (Å²) < 4.78 is 6.06. The molecule has 0 amide bonds. The molecule has 1 unspecified atom stereocenters. The number of carbonyl (C=O) groups is 1. The van der Waals surface area contributed by atoms with E-state index in [1.165, 1.54) is 17.7 Å². The monoisotopic (exact) mass is 238 g/mol. The fraction of sp³-hybridized carbons (Fsp3) is 0.500. The van der Waals surface area contributed by atoms with Gasteiger partial charge in [-0.2, -0.15) is 0 Å². The average molecular weight is 238 g/mol. The van der Waals surface area contributed by atoms with Crippen LogP contribution in [0.25, 0.3) is 0 Å². The number of pyridine rings is 1. The van der Waals surface area contributed by atoms with Crippen molar-refractivity contribution in [3.8, 4) is 0 Å². The molecule has 1 rings (SSSR count). The average Bonchev–Trinajstić information content (AvgIpc) is 2.29. The lowest BCUT2D eigenvalue weighted by Gasteiger charge is -2.19. The van der Waals surface area contributed by atoms with Crippen molar-refractivity contribution in [2.24, 2.45) is 5.92 Å². The fourth-order valence-electron chi connectivity index (χ4n) is 1.68. The van der Waals surface area contributed by atoms with Crippen molar-refractivity contribution < 1.29 is 9.53 Å². The second kappa shape index (κ2) is 5.52. The minimum Gasteiger partial charge on any atom is -0.467 e. The van der Waals surface area contributed by atoms with Gasteiger partial charge in [0.25, 0.3) is 5.56 Å². The molecule has 5 nitrogen and oxygen atoms in total. The highest BCUT2D eigenvalue weighted by Gasteiger charge is 2.23. The van der Waals surface area contributed by atoms with E-state index in [1.807, 2.05) is 13.8 Å². The summed E-state index contributed by atoms with van der Waals surface area (Å²) in [7, 11) is 1.31. The predicted molar refractivity (Wildman–Crippen MR) is 65.6 cm³/mol. The van der Waals surface area contributed by atoms with Gasteiger partial charge in [-0.15, -0.1) is 0 Å². The summed E-state index contributed by atoms with van der Waals surface area (Å²) in [5.74, 6) is -0.154. The van der Waals surface area contributed by atoms with E-state index in [9.17, 15) is 9.59 Å². The van der Waals surface area contributed by atoms with Crippen LogP contribution in [-0.4, -0.2) is 17.6 Å². The first-order valence-electron chi connectivity index (χ1n) is 5.51. The van der Waals surface area contributed by atoms with Crippen molar-refractivity contribution in [2.75, 3.05) is 12.8 Å². The molecule has 0 saturated carbocycles. The van der Waals surface area contributed by atoms with Crippen LogP contribution in [0.4, 0.5) is 5.69 Å². The van der Waals surface area contributed by atoms with Crippen molar-refractivity contribution in [3.05, 3.63) is 28.7 Å². The van der Waals surface area contributed by atoms with E-state index in [2.05, 4.69) is 0 Å². The molecule has 1 aromatic heterocycles. The highest BCUT2D eigenvalue weighted by molar-refractivity contribution is 5.74. The maximum absolute atomic E-state index is 11.8. The number of nitrogen functional groups attached to an aromatic ring is 1. The molecule has 1 aromatic rings. The van der Waals surface area contributed by atoms with Crippen molar-refractivity contribution in [1.29, 1.82) is 0 Å². The van der Waals surface area contributed by atoms with Crippen LogP contribution in [0, 0.1) is 5.92 Å². The Bertz CT molecular complexity index is 451. The zero-order valence-electron chi connectivity index (χ0n) is 10.3. The number of ether oxygens (including phenoxy) is 1. The quantitative estimate of drug-likeness (QED) is 0.799. The lowest BCUT2D eigenvalue weighted by molar-refractivity contribution is -0.145. The normalized spacial score (nSPS) is 12.5. The molecular weight excluding hydrogens is 220 g/mol. The summed E-state index contributed by atoms with van der Waals surface area (Å²) in [6, 6.07) is 2.55. The minimum atomic E-state index is -0.615. The first-order chi connectivity index (χ1) is 7.97. The number of rotatable bonds is 4. The fourth-order valence-corrected chi connectivity index (χ4v) is 1.68. The Balaban J connectivity index is 3.17. The molecule has 0 aromatic carbocycles. The first-order valence-corrected chi connectivity index (χ1v) is 5.51. The van der Waals surface area contributed by atoms with Gasteiger partial charge in [-0.25, -0.2) is 4.79 Å². The van der Waals surface area contributed by atoms with E-state index < -0.39 is 12.0 Å². The van der Waals surface area contributed by atoms with Gasteiger partial charge in [-0.3, -0.25) is 9.36 Å². The maximum Gasteiger partial charge on any atom is 0.328 e. The van der Waals surface area contributed by atoms with Crippen LogP contribution >= 0.6 is 0 Å². The maximum atomic E-state index is 11.8. The second-order valence-corrected chi connectivity index (χ2v) is 4.34. The van der Waals surface area contributed by atoms with Gasteiger partial charge in [0.2, 0.25) is 0 Å². The number of hydrogen-bond acceptors (Lipinski definition) is 4. The standard InChI is InChI=1S/C12H18N2O3/c1-8(2)7-10(12(16)17-3)14-6-4-5-9(13)11(14)15/h4-6,8,10H,7,13H2,1-3H3. The van der Waals surface area contributed by atoms with E-state index in [-0.39, 0.29) is 17.2 Å². The van der Waals surface area contributed by atoms with Gasteiger partial charge >= 0.3 is 5.97 Å². The van der Waals surface area contributed by atoms with Crippen LogP contribution in [0.5, 0.6) is 0 Å². The Morgan fingerprint density at radius 3 is 2.71 bits per heavy atom. The zero-order chi connectivity index (χ0) is 13.0. The molecule has 1 atom stereocenters. The summed E-state index contributed by atoms with van der Waals surface area (Å²) in [5, 5.41) is 0. The lowest BCUT2D eigenvalue weighted by atomic mass is 10.0. The molecule has 0 aliphatic carbocycles. The molecule has 0 fully saturated rings. The third kappa shape index (κ3) is 3.09. The number of nitrogens with zero attached hydrogens (tertiary/aromatic N) is 1. The number of aromatic nitrogens is 1. The van der Waals surface area contributed by atoms with E-state index in [4.69, 9.17) is 10.5 Å². The number of carbonyl (C=O) groups excluding carboxylic acids is 1. The van der Waals surface area contributed by atoms with Gasteiger partial charge < -0.3 is 10.5 Å². The number of nitrogens with two attached hydrogens (primary N) is 1. The second-order valence-electron chi connectivity index (χ2n) is 4.34. The van der Waals surface area contributed by atoms with E-state index in [0.29, 0.717) is 6.42 Å². The van der Waals surface area contributed by atoms with Gasteiger partial charge in [0.15, 0.2) is 0 Å². The molecule has 94 valence electrons. The van der Waals surface area contributed by atoms with Crippen LogP contribution in [0.3, 0.4) is 0 Å². The molecule has 0 aliphatic heterocycles. The van der Waals surface area contributed by atoms with Crippen molar-refractivity contribution in [2.45, 2.75) is 26.3 Å². The number of hydrogen-bond donors (Lipinski definition) is 1. The molecule has 5 heteroatoms. The Morgan fingerprint density at radius 1 is 1.53 bits per heavy atom. The predicted octanol–water partition coefficient (Wildman–Crippen LogP) is 1.19. The summed E-state index contributed by atoms with van der Waals surface area (Å²) in [5.41, 5.74) is 5.32. The number of esters is 1. The van der Waals surface area contributed by atoms with Crippen molar-refractivity contribution >= 4 is 11.7 Å². The summed E-state index contributed by atoms with van der Waals surface area (Å²) in [4.78, 5) is 23.5.